The summed E-state index contributed by atoms with van der Waals surface area (Å²) >= 11 is 0. The van der Waals surface area contributed by atoms with Gasteiger partial charge in [-0.2, -0.15) is 0 Å². The molecule has 35 heavy (non-hydrogen) atoms. The summed E-state index contributed by atoms with van der Waals surface area (Å²) in [5.74, 6) is 6.15. The number of nitrogens with zero attached hydrogens (tertiary/aromatic N) is 3. The molecule has 2 aromatic carbocycles. The molecular weight excluding hydrogens is 446 g/mol. The van der Waals surface area contributed by atoms with Gasteiger partial charge in [-0.3, -0.25) is 9.59 Å². The molecule has 0 amide bonds. The van der Waals surface area contributed by atoms with Gasteiger partial charge < -0.3 is 19.3 Å². The normalized spacial score (nSPS) is 11.5. The second-order valence-corrected chi connectivity index (χ2v) is 7.99. The van der Waals surface area contributed by atoms with Gasteiger partial charge in [0.15, 0.2) is 11.5 Å². The highest BCUT2D eigenvalue weighted by Crippen LogP contribution is 2.22. The summed E-state index contributed by atoms with van der Waals surface area (Å²) in [5, 5.41) is 22.6. The van der Waals surface area contributed by atoms with Gasteiger partial charge in [-0.15, -0.1) is 0 Å². The number of hydrogen-bond acceptors (Lipinski definition) is 6. The number of carbonyl (C=O) groups excluding carboxylic acids is 1. The minimum atomic E-state index is -0.989. The number of rotatable bonds is 8. The number of benzene rings is 2. The Bertz CT molecular complexity index is 1390. The van der Waals surface area contributed by atoms with Crippen LogP contribution >= 0.6 is 0 Å². The average molecular weight is 469 g/mol. The van der Waals surface area contributed by atoms with Crippen LogP contribution in [0.3, 0.4) is 0 Å². The molecule has 1 atom stereocenters. The quantitative estimate of drug-likeness (QED) is 0.295. The summed E-state index contributed by atoms with van der Waals surface area (Å²) in [7, 11) is 0. The van der Waals surface area contributed by atoms with Crippen LogP contribution in [0.1, 0.15) is 58.9 Å². The number of carboxylic acid groups (broad SMARTS) is 1. The van der Waals surface area contributed by atoms with E-state index >= 15 is 0 Å². The lowest BCUT2D eigenvalue weighted by atomic mass is 10.0. The Morgan fingerprint density at radius 1 is 1.03 bits per heavy atom. The molecule has 0 spiro atoms. The van der Waals surface area contributed by atoms with E-state index in [1.165, 1.54) is 0 Å². The number of aliphatic hydroxyl groups excluding tert-OH is 1. The van der Waals surface area contributed by atoms with Crippen LogP contribution in [-0.4, -0.2) is 36.7 Å². The molecule has 8 heteroatoms. The second kappa shape index (κ2) is 10.6. The van der Waals surface area contributed by atoms with Gasteiger partial charge in [0, 0.05) is 47.1 Å². The Labute approximate surface area is 201 Å². The van der Waals surface area contributed by atoms with Crippen LogP contribution in [0.4, 0.5) is 0 Å². The van der Waals surface area contributed by atoms with Gasteiger partial charge in [0.25, 0.3) is 0 Å². The molecule has 2 heterocycles. The molecule has 4 aromatic rings. The van der Waals surface area contributed by atoms with E-state index in [1.807, 2.05) is 34.9 Å². The number of hydrogen-bond donors (Lipinski definition) is 2. The van der Waals surface area contributed by atoms with E-state index in [0.29, 0.717) is 29.4 Å². The lowest BCUT2D eigenvalue weighted by Gasteiger charge is -2.07. The molecule has 0 bridgehead atoms. The van der Waals surface area contributed by atoms with Gasteiger partial charge in [-0.05, 0) is 43.3 Å². The van der Waals surface area contributed by atoms with E-state index in [0.717, 1.165) is 16.7 Å². The Morgan fingerprint density at radius 3 is 2.31 bits per heavy atom. The minimum Gasteiger partial charge on any atom is -0.481 e. The predicted molar refractivity (Wildman–Crippen MR) is 128 cm³/mol. The molecule has 0 fully saturated rings. The molecule has 0 unspecified atom stereocenters. The van der Waals surface area contributed by atoms with Crippen molar-refractivity contribution in [2.45, 2.75) is 32.4 Å². The third-order valence-electron chi connectivity index (χ3n) is 5.31. The largest absolute Gasteiger partial charge is 0.481 e. The van der Waals surface area contributed by atoms with E-state index in [4.69, 9.17) is 9.63 Å². The van der Waals surface area contributed by atoms with Crippen molar-refractivity contribution in [3.63, 3.8) is 0 Å². The maximum absolute atomic E-state index is 12.0. The van der Waals surface area contributed by atoms with Gasteiger partial charge >= 0.3 is 5.97 Å². The van der Waals surface area contributed by atoms with Crippen LogP contribution in [0.5, 0.6) is 0 Å². The molecule has 0 saturated heterocycles. The van der Waals surface area contributed by atoms with Crippen LogP contribution in [-0.2, 0) is 11.3 Å². The van der Waals surface area contributed by atoms with Gasteiger partial charge in [0.05, 0.1) is 13.0 Å². The standard InChI is InChI=1S/C27H23N3O5/c1-18(31)27-28-14-15-30(27)17-23-16-25(35-29-23)22-10-6-20(7-11-22)3-2-19-4-8-21(9-5-19)24(32)12-13-26(33)34/h4-11,14-16,18,31H,12-13,17H2,1H3,(H,33,34)/t18-/m0/s1. The van der Waals surface area contributed by atoms with Crippen molar-refractivity contribution in [3.8, 4) is 23.2 Å². The maximum Gasteiger partial charge on any atom is 0.303 e. The van der Waals surface area contributed by atoms with E-state index in [2.05, 4.69) is 22.0 Å². The van der Waals surface area contributed by atoms with Gasteiger partial charge in [0.1, 0.15) is 17.6 Å². The smallest absolute Gasteiger partial charge is 0.303 e. The molecule has 2 N–H and O–H groups in total. The van der Waals surface area contributed by atoms with E-state index < -0.39 is 12.1 Å². The Balaban J connectivity index is 1.39. The lowest BCUT2D eigenvalue weighted by molar-refractivity contribution is -0.136. The van der Waals surface area contributed by atoms with Crippen molar-refractivity contribution in [2.75, 3.05) is 0 Å². The SMILES string of the molecule is C[C@H](O)c1nccn1Cc1cc(-c2ccc(C#Cc3ccc(C(=O)CCC(=O)O)cc3)cc2)on1. The van der Waals surface area contributed by atoms with Crippen molar-refractivity contribution in [2.24, 2.45) is 0 Å². The number of carboxylic acids is 1. The van der Waals surface area contributed by atoms with Crippen LogP contribution < -0.4 is 0 Å². The van der Waals surface area contributed by atoms with Crippen molar-refractivity contribution >= 4 is 11.8 Å². The first kappa shape index (κ1) is 23.7. The predicted octanol–water partition coefficient (Wildman–Crippen LogP) is 4.09. The lowest BCUT2D eigenvalue weighted by Crippen LogP contribution is -2.07. The first-order valence-corrected chi connectivity index (χ1v) is 11.0. The van der Waals surface area contributed by atoms with Crippen LogP contribution in [0.25, 0.3) is 11.3 Å². The number of aliphatic carboxylic acids is 1. The first-order valence-electron chi connectivity index (χ1n) is 11.0. The van der Waals surface area contributed by atoms with Crippen LogP contribution in [0.2, 0.25) is 0 Å². The minimum absolute atomic E-state index is 0.0220. The number of imidazole rings is 1. The summed E-state index contributed by atoms with van der Waals surface area (Å²) in [5.41, 5.74) is 3.62. The zero-order chi connectivity index (χ0) is 24.8. The van der Waals surface area contributed by atoms with Gasteiger partial charge in [-0.1, -0.05) is 29.1 Å². The molecule has 0 aliphatic carbocycles. The summed E-state index contributed by atoms with van der Waals surface area (Å²) in [6.45, 7) is 2.11. The summed E-state index contributed by atoms with van der Waals surface area (Å²) < 4.78 is 7.31. The summed E-state index contributed by atoms with van der Waals surface area (Å²) in [4.78, 5) is 26.8. The Morgan fingerprint density at radius 2 is 1.69 bits per heavy atom. The number of aromatic nitrogens is 3. The molecule has 0 aliphatic heterocycles. The molecule has 0 aliphatic rings. The number of ketones is 1. The average Bonchev–Trinajstić information content (AvgIpc) is 3.52. The Hall–Kier alpha value is -4.48. The number of carbonyl (C=O) groups is 2. The van der Waals surface area contributed by atoms with Gasteiger partial charge in [-0.25, -0.2) is 4.98 Å². The fraction of sp³-hybridized carbons (Fsp3) is 0.185. The van der Waals surface area contributed by atoms with Crippen molar-refractivity contribution in [3.05, 3.63) is 95.2 Å². The Kier molecular flexibility index (Phi) is 7.19. The molecule has 176 valence electrons. The maximum atomic E-state index is 12.0. The fourth-order valence-electron chi connectivity index (χ4n) is 3.49. The second-order valence-electron chi connectivity index (χ2n) is 7.99. The monoisotopic (exact) mass is 469 g/mol. The molecule has 4 rings (SSSR count). The molecule has 2 aromatic heterocycles. The third-order valence-corrected chi connectivity index (χ3v) is 5.31. The van der Waals surface area contributed by atoms with Crippen molar-refractivity contribution in [1.82, 2.24) is 14.7 Å². The highest BCUT2D eigenvalue weighted by molar-refractivity contribution is 5.97. The first-order chi connectivity index (χ1) is 16.9. The van der Waals surface area contributed by atoms with Crippen molar-refractivity contribution in [1.29, 1.82) is 0 Å². The molecular formula is C27H23N3O5. The zero-order valence-corrected chi connectivity index (χ0v) is 19.0. The third kappa shape index (κ3) is 6.10. The molecule has 8 nitrogen and oxygen atoms in total. The zero-order valence-electron chi connectivity index (χ0n) is 19.0. The van der Waals surface area contributed by atoms with Crippen LogP contribution in [0.15, 0.2) is 71.5 Å². The topological polar surface area (TPSA) is 118 Å². The molecule has 0 radical (unpaired) electrons. The van der Waals surface area contributed by atoms with E-state index in [9.17, 15) is 14.7 Å². The fourth-order valence-corrected chi connectivity index (χ4v) is 3.49. The molecule has 0 saturated carbocycles. The summed E-state index contributed by atoms with van der Waals surface area (Å²) in [6, 6.07) is 16.2. The highest BCUT2D eigenvalue weighted by Gasteiger charge is 2.12. The number of Topliss-reactive ketones (excluding diaryl/α,β-unsaturated/α-hetero) is 1. The van der Waals surface area contributed by atoms with Gasteiger partial charge in [0.2, 0.25) is 0 Å². The van der Waals surface area contributed by atoms with Crippen molar-refractivity contribution < 1.29 is 24.3 Å². The summed E-state index contributed by atoms with van der Waals surface area (Å²) in [6.07, 6.45) is 2.55. The van der Waals surface area contributed by atoms with Crippen LogP contribution in [0, 0.1) is 11.8 Å². The van der Waals surface area contributed by atoms with E-state index in [-0.39, 0.29) is 18.6 Å². The van der Waals surface area contributed by atoms with E-state index in [1.54, 1.807) is 43.6 Å². The number of aliphatic hydroxyl groups is 1. The highest BCUT2D eigenvalue weighted by atomic mass is 16.5.